The molecule has 0 aliphatic heterocycles. The van der Waals surface area contributed by atoms with Crippen LogP contribution >= 0.6 is 15.9 Å². The zero-order chi connectivity index (χ0) is 12.2. The average Bonchev–Trinajstić information content (AvgIpc) is 2.13. The molecule has 0 saturated heterocycles. The van der Waals surface area contributed by atoms with Crippen molar-refractivity contribution >= 4 is 27.7 Å². The number of likely N-dealkylation sites (N-methyl/N-ethyl adjacent to an activating group) is 1. The van der Waals surface area contributed by atoms with Gasteiger partial charge in [-0.15, -0.1) is 0 Å². The van der Waals surface area contributed by atoms with Crippen LogP contribution in [0.15, 0.2) is 0 Å². The normalized spacial score (nSPS) is 13.2. The van der Waals surface area contributed by atoms with Crippen LogP contribution in [-0.4, -0.2) is 40.7 Å². The third kappa shape index (κ3) is 4.64. The number of rotatable bonds is 4. The summed E-state index contributed by atoms with van der Waals surface area (Å²) in [5.74, 6) is -0.268. The molecule has 0 heterocycles. The van der Waals surface area contributed by atoms with Gasteiger partial charge in [0.1, 0.15) is 6.04 Å². The highest BCUT2D eigenvalue weighted by Gasteiger charge is 2.27. The van der Waals surface area contributed by atoms with Gasteiger partial charge in [0.25, 0.3) is 0 Å². The Balaban J connectivity index is 4.32. The van der Waals surface area contributed by atoms with Crippen molar-refractivity contribution in [1.29, 1.82) is 0 Å². The average molecular weight is 279 g/mol. The maximum atomic E-state index is 11.6. The Hall–Kier alpha value is -0.580. The topological polar surface area (TPSA) is 49.4 Å². The molecule has 0 aromatic carbocycles. The second kappa shape index (κ2) is 5.49. The Labute approximate surface area is 99.5 Å². The van der Waals surface area contributed by atoms with Gasteiger partial charge in [-0.3, -0.25) is 9.59 Å². The van der Waals surface area contributed by atoms with Crippen LogP contribution < -0.4 is 5.32 Å². The lowest BCUT2D eigenvalue weighted by Gasteiger charge is -2.23. The first-order valence-corrected chi connectivity index (χ1v) is 5.74. The molecule has 4 nitrogen and oxygen atoms in total. The van der Waals surface area contributed by atoms with Crippen molar-refractivity contribution in [3.05, 3.63) is 0 Å². The first-order chi connectivity index (χ1) is 6.70. The highest BCUT2D eigenvalue weighted by Crippen LogP contribution is 2.15. The Morgan fingerprint density at radius 1 is 1.47 bits per heavy atom. The van der Waals surface area contributed by atoms with Crippen LogP contribution in [0, 0.1) is 0 Å². The molecule has 15 heavy (non-hydrogen) atoms. The van der Waals surface area contributed by atoms with E-state index in [4.69, 9.17) is 0 Å². The number of alkyl halides is 1. The summed E-state index contributed by atoms with van der Waals surface area (Å²) in [7, 11) is 1.71. The number of amides is 2. The molecule has 0 aliphatic carbocycles. The van der Waals surface area contributed by atoms with Crippen molar-refractivity contribution in [1.82, 2.24) is 10.2 Å². The number of nitrogens with zero attached hydrogens (tertiary/aromatic N) is 1. The molecule has 1 atom stereocenters. The zero-order valence-electron chi connectivity index (χ0n) is 9.93. The van der Waals surface area contributed by atoms with E-state index in [2.05, 4.69) is 21.2 Å². The second-order valence-electron chi connectivity index (χ2n) is 4.02. The largest absolute Gasteiger partial charge is 0.344 e. The molecular formula is C10H19BrN2O2. The molecule has 0 aromatic heterocycles. The molecule has 1 N–H and O–H groups in total. The highest BCUT2D eigenvalue weighted by molar-refractivity contribution is 9.10. The monoisotopic (exact) mass is 278 g/mol. The highest BCUT2D eigenvalue weighted by atomic mass is 79.9. The van der Waals surface area contributed by atoms with Crippen LogP contribution in [0.4, 0.5) is 0 Å². The molecule has 0 spiro atoms. The molecule has 0 rings (SSSR count). The lowest BCUT2D eigenvalue weighted by atomic mass is 10.2. The van der Waals surface area contributed by atoms with Gasteiger partial charge in [-0.05, 0) is 27.7 Å². The molecule has 0 saturated carbocycles. The quantitative estimate of drug-likeness (QED) is 0.785. The minimum Gasteiger partial charge on any atom is -0.344 e. The van der Waals surface area contributed by atoms with Gasteiger partial charge in [0, 0.05) is 13.6 Å². The van der Waals surface area contributed by atoms with Crippen molar-refractivity contribution in [2.24, 2.45) is 0 Å². The standard InChI is InChI=1S/C10H19BrN2O2/c1-6-13(5)8(14)7(2)12-9(15)10(3,4)11/h7H,6H2,1-5H3,(H,12,15). The van der Waals surface area contributed by atoms with Crippen molar-refractivity contribution in [2.45, 2.75) is 38.1 Å². The summed E-state index contributed by atoms with van der Waals surface area (Å²) in [4.78, 5) is 24.8. The number of halogens is 1. The summed E-state index contributed by atoms with van der Waals surface area (Å²) >= 11 is 3.24. The second-order valence-corrected chi connectivity index (χ2v) is 6.00. The predicted molar refractivity (Wildman–Crippen MR) is 63.9 cm³/mol. The van der Waals surface area contributed by atoms with Gasteiger partial charge in [0.2, 0.25) is 11.8 Å². The summed E-state index contributed by atoms with van der Waals surface area (Å²) in [5.41, 5.74) is 0. The fraction of sp³-hybridized carbons (Fsp3) is 0.800. The van der Waals surface area contributed by atoms with Gasteiger partial charge in [0.15, 0.2) is 0 Å². The summed E-state index contributed by atoms with van der Waals surface area (Å²) in [6, 6.07) is -0.487. The number of carbonyl (C=O) groups excluding carboxylic acids is 2. The molecular weight excluding hydrogens is 260 g/mol. The molecule has 1 unspecified atom stereocenters. The maximum absolute atomic E-state index is 11.6. The van der Waals surface area contributed by atoms with Crippen LogP contribution in [0.2, 0.25) is 0 Å². The minimum absolute atomic E-state index is 0.0809. The van der Waals surface area contributed by atoms with E-state index in [1.54, 1.807) is 32.7 Å². The van der Waals surface area contributed by atoms with Crippen molar-refractivity contribution in [3.63, 3.8) is 0 Å². The van der Waals surface area contributed by atoms with Gasteiger partial charge in [-0.2, -0.15) is 0 Å². The van der Waals surface area contributed by atoms with E-state index in [-0.39, 0.29) is 11.8 Å². The summed E-state index contributed by atoms with van der Waals surface area (Å²) in [6.45, 7) is 7.69. The fourth-order valence-corrected chi connectivity index (χ4v) is 1.03. The molecule has 0 bridgehead atoms. The fourth-order valence-electron chi connectivity index (χ4n) is 0.916. The maximum Gasteiger partial charge on any atom is 0.244 e. The minimum atomic E-state index is -0.647. The van der Waals surface area contributed by atoms with E-state index in [0.29, 0.717) is 6.54 Å². The summed E-state index contributed by atoms with van der Waals surface area (Å²) < 4.78 is -0.647. The lowest BCUT2D eigenvalue weighted by molar-refractivity contribution is -0.135. The van der Waals surface area contributed by atoms with Crippen molar-refractivity contribution < 1.29 is 9.59 Å². The van der Waals surface area contributed by atoms with E-state index in [1.165, 1.54) is 0 Å². The van der Waals surface area contributed by atoms with Gasteiger partial charge in [0.05, 0.1) is 4.32 Å². The molecule has 0 aromatic rings. The van der Waals surface area contributed by atoms with E-state index >= 15 is 0 Å². The lowest BCUT2D eigenvalue weighted by Crippen LogP contribution is -2.49. The number of nitrogens with one attached hydrogen (secondary N) is 1. The van der Waals surface area contributed by atoms with E-state index in [0.717, 1.165) is 0 Å². The Bertz CT molecular complexity index is 248. The molecule has 88 valence electrons. The summed E-state index contributed by atoms with van der Waals surface area (Å²) in [6.07, 6.45) is 0. The van der Waals surface area contributed by atoms with Crippen LogP contribution in [0.3, 0.4) is 0 Å². The Kier molecular flexibility index (Phi) is 5.28. The van der Waals surface area contributed by atoms with Crippen LogP contribution in [0.25, 0.3) is 0 Å². The molecule has 2 amide bonds. The van der Waals surface area contributed by atoms with Gasteiger partial charge >= 0.3 is 0 Å². The zero-order valence-corrected chi connectivity index (χ0v) is 11.5. The third-order valence-electron chi connectivity index (χ3n) is 2.11. The van der Waals surface area contributed by atoms with Crippen LogP contribution in [0.1, 0.15) is 27.7 Å². The summed E-state index contributed by atoms with van der Waals surface area (Å²) in [5, 5.41) is 2.66. The van der Waals surface area contributed by atoms with Gasteiger partial charge in [-0.1, -0.05) is 15.9 Å². The Morgan fingerprint density at radius 2 is 1.93 bits per heavy atom. The first kappa shape index (κ1) is 14.4. The molecule has 0 fully saturated rings. The van der Waals surface area contributed by atoms with Crippen LogP contribution in [0.5, 0.6) is 0 Å². The van der Waals surface area contributed by atoms with E-state index in [9.17, 15) is 9.59 Å². The number of carbonyl (C=O) groups is 2. The van der Waals surface area contributed by atoms with Gasteiger partial charge < -0.3 is 10.2 Å². The van der Waals surface area contributed by atoms with E-state index in [1.807, 2.05) is 6.92 Å². The van der Waals surface area contributed by atoms with Crippen molar-refractivity contribution in [3.8, 4) is 0 Å². The SMILES string of the molecule is CCN(C)C(=O)C(C)NC(=O)C(C)(C)Br. The molecule has 5 heteroatoms. The molecule has 0 radical (unpaired) electrons. The van der Waals surface area contributed by atoms with Crippen LogP contribution in [-0.2, 0) is 9.59 Å². The molecule has 0 aliphatic rings. The van der Waals surface area contributed by atoms with Gasteiger partial charge in [-0.25, -0.2) is 0 Å². The Morgan fingerprint density at radius 3 is 2.27 bits per heavy atom. The van der Waals surface area contributed by atoms with E-state index < -0.39 is 10.4 Å². The predicted octanol–water partition coefficient (Wildman–Crippen LogP) is 1.14. The number of hydrogen-bond acceptors (Lipinski definition) is 2. The third-order valence-corrected chi connectivity index (χ3v) is 2.47. The smallest absolute Gasteiger partial charge is 0.244 e. The van der Waals surface area contributed by atoms with Crippen molar-refractivity contribution in [2.75, 3.05) is 13.6 Å². The first-order valence-electron chi connectivity index (χ1n) is 4.95. The number of hydrogen-bond donors (Lipinski definition) is 1.